The molecule has 2 rings (SSSR count). The summed E-state index contributed by atoms with van der Waals surface area (Å²) in [5.74, 6) is 0. The van der Waals surface area contributed by atoms with Crippen LogP contribution in [0, 0.1) is 20.8 Å². The molecule has 0 unspecified atom stereocenters. The SMILES string of the molecule is CNCCCc1c(C)n(C)c2c(C)c(C)ccc12. The van der Waals surface area contributed by atoms with Crippen molar-refractivity contribution in [3.05, 3.63) is 34.5 Å². The Hall–Kier alpha value is -1.28. The molecular formula is C16H24N2. The normalized spacial score (nSPS) is 11.4. The van der Waals surface area contributed by atoms with Crippen molar-refractivity contribution in [2.45, 2.75) is 33.6 Å². The van der Waals surface area contributed by atoms with Crippen LogP contribution in [0.15, 0.2) is 12.1 Å². The van der Waals surface area contributed by atoms with Gasteiger partial charge in [0.05, 0.1) is 5.52 Å². The minimum absolute atomic E-state index is 1.08. The molecule has 18 heavy (non-hydrogen) atoms. The van der Waals surface area contributed by atoms with E-state index in [-0.39, 0.29) is 0 Å². The van der Waals surface area contributed by atoms with Gasteiger partial charge in [-0.3, -0.25) is 0 Å². The third kappa shape index (κ3) is 2.05. The summed E-state index contributed by atoms with van der Waals surface area (Å²) in [6, 6.07) is 4.54. The van der Waals surface area contributed by atoms with Crippen LogP contribution in [0.25, 0.3) is 10.9 Å². The number of rotatable bonds is 4. The number of nitrogens with zero attached hydrogens (tertiary/aromatic N) is 1. The van der Waals surface area contributed by atoms with E-state index in [2.05, 4.69) is 49.8 Å². The van der Waals surface area contributed by atoms with Gasteiger partial charge in [-0.25, -0.2) is 0 Å². The summed E-state index contributed by atoms with van der Waals surface area (Å²) in [4.78, 5) is 0. The maximum atomic E-state index is 3.23. The molecule has 1 heterocycles. The van der Waals surface area contributed by atoms with Crippen LogP contribution in [0.3, 0.4) is 0 Å². The average Bonchev–Trinajstić information content (AvgIpc) is 2.59. The third-order valence-electron chi connectivity index (χ3n) is 4.16. The van der Waals surface area contributed by atoms with Gasteiger partial charge in [0.15, 0.2) is 0 Å². The quantitative estimate of drug-likeness (QED) is 0.817. The summed E-state index contributed by atoms with van der Waals surface area (Å²) >= 11 is 0. The van der Waals surface area contributed by atoms with Crippen molar-refractivity contribution in [2.24, 2.45) is 7.05 Å². The van der Waals surface area contributed by atoms with Gasteiger partial charge in [0.25, 0.3) is 0 Å². The lowest BCUT2D eigenvalue weighted by atomic mass is 10.0. The van der Waals surface area contributed by atoms with Crippen LogP contribution in [0.2, 0.25) is 0 Å². The third-order valence-corrected chi connectivity index (χ3v) is 4.16. The van der Waals surface area contributed by atoms with Gasteiger partial charge in [0.2, 0.25) is 0 Å². The fraction of sp³-hybridized carbons (Fsp3) is 0.500. The molecule has 1 aromatic heterocycles. The first kappa shape index (κ1) is 13.2. The Bertz CT molecular complexity index is 564. The van der Waals surface area contributed by atoms with Gasteiger partial charge in [0.1, 0.15) is 0 Å². The molecule has 0 fully saturated rings. The molecule has 0 spiro atoms. The molecule has 1 aromatic carbocycles. The van der Waals surface area contributed by atoms with Crippen molar-refractivity contribution in [1.82, 2.24) is 9.88 Å². The predicted molar refractivity (Wildman–Crippen MR) is 79.4 cm³/mol. The lowest BCUT2D eigenvalue weighted by molar-refractivity contribution is 0.722. The Kier molecular flexibility index (Phi) is 3.76. The van der Waals surface area contributed by atoms with Crippen LogP contribution in [0.4, 0.5) is 0 Å². The molecule has 0 aliphatic carbocycles. The van der Waals surface area contributed by atoms with Gasteiger partial charge in [-0.15, -0.1) is 0 Å². The van der Waals surface area contributed by atoms with Crippen molar-refractivity contribution in [1.29, 1.82) is 0 Å². The van der Waals surface area contributed by atoms with Crippen LogP contribution < -0.4 is 5.32 Å². The van der Waals surface area contributed by atoms with Crippen molar-refractivity contribution in [3.8, 4) is 0 Å². The second-order valence-electron chi connectivity index (χ2n) is 5.23. The molecular weight excluding hydrogens is 220 g/mol. The monoisotopic (exact) mass is 244 g/mol. The zero-order valence-corrected chi connectivity index (χ0v) is 12.2. The van der Waals surface area contributed by atoms with E-state index in [0.29, 0.717) is 0 Å². The smallest absolute Gasteiger partial charge is 0.0515 e. The Morgan fingerprint density at radius 3 is 2.56 bits per heavy atom. The van der Waals surface area contributed by atoms with Crippen molar-refractivity contribution in [2.75, 3.05) is 13.6 Å². The standard InChI is InChI=1S/C16H24N2/c1-11-8-9-15-14(7-6-10-17-4)13(3)18(5)16(15)12(11)2/h8-9,17H,6-7,10H2,1-5H3. The zero-order valence-electron chi connectivity index (χ0n) is 12.2. The van der Waals surface area contributed by atoms with Gasteiger partial charge < -0.3 is 9.88 Å². The summed E-state index contributed by atoms with van der Waals surface area (Å²) in [5.41, 5.74) is 7.13. The van der Waals surface area contributed by atoms with Crippen LogP contribution >= 0.6 is 0 Å². The van der Waals surface area contributed by atoms with Gasteiger partial charge in [-0.2, -0.15) is 0 Å². The number of benzene rings is 1. The van der Waals surface area contributed by atoms with E-state index in [4.69, 9.17) is 0 Å². The van der Waals surface area contributed by atoms with E-state index in [1.54, 1.807) is 0 Å². The molecule has 0 aliphatic rings. The van der Waals surface area contributed by atoms with Crippen molar-refractivity contribution in [3.63, 3.8) is 0 Å². The zero-order chi connectivity index (χ0) is 13.3. The van der Waals surface area contributed by atoms with Crippen LogP contribution in [-0.2, 0) is 13.5 Å². The first-order valence-electron chi connectivity index (χ1n) is 6.76. The van der Waals surface area contributed by atoms with E-state index >= 15 is 0 Å². The number of aromatic nitrogens is 1. The molecule has 2 nitrogen and oxygen atoms in total. The van der Waals surface area contributed by atoms with Crippen LogP contribution in [-0.4, -0.2) is 18.2 Å². The summed E-state index contributed by atoms with van der Waals surface area (Å²) in [6.07, 6.45) is 2.36. The van der Waals surface area contributed by atoms with Crippen LogP contribution in [0.5, 0.6) is 0 Å². The second kappa shape index (κ2) is 5.15. The molecule has 0 atom stereocenters. The molecule has 0 radical (unpaired) electrons. The molecule has 0 saturated carbocycles. The lowest BCUT2D eigenvalue weighted by Crippen LogP contribution is -2.08. The van der Waals surface area contributed by atoms with Gasteiger partial charge in [-0.1, -0.05) is 12.1 Å². The number of nitrogens with one attached hydrogen (secondary N) is 1. The molecule has 98 valence electrons. The highest BCUT2D eigenvalue weighted by Crippen LogP contribution is 2.29. The Balaban J connectivity index is 2.53. The fourth-order valence-electron chi connectivity index (χ4n) is 2.80. The maximum absolute atomic E-state index is 3.23. The largest absolute Gasteiger partial charge is 0.347 e. The molecule has 0 saturated heterocycles. The Labute approximate surface area is 110 Å². The van der Waals surface area contributed by atoms with Gasteiger partial charge >= 0.3 is 0 Å². The highest BCUT2D eigenvalue weighted by atomic mass is 14.9. The Morgan fingerprint density at radius 1 is 1.17 bits per heavy atom. The first-order chi connectivity index (χ1) is 8.57. The van der Waals surface area contributed by atoms with Crippen molar-refractivity contribution < 1.29 is 0 Å². The van der Waals surface area contributed by atoms with E-state index in [9.17, 15) is 0 Å². The number of aryl methyl sites for hydroxylation is 4. The topological polar surface area (TPSA) is 17.0 Å². The molecule has 1 N–H and O–H groups in total. The lowest BCUT2D eigenvalue weighted by Gasteiger charge is -2.05. The minimum atomic E-state index is 1.08. The number of hydrogen-bond donors (Lipinski definition) is 1. The van der Waals surface area contributed by atoms with E-state index < -0.39 is 0 Å². The van der Waals surface area contributed by atoms with E-state index in [0.717, 1.165) is 13.0 Å². The first-order valence-corrected chi connectivity index (χ1v) is 6.76. The number of fused-ring (bicyclic) bond motifs is 1. The summed E-state index contributed by atoms with van der Waals surface area (Å²) in [5, 5.41) is 4.67. The summed E-state index contributed by atoms with van der Waals surface area (Å²) < 4.78 is 2.35. The summed E-state index contributed by atoms with van der Waals surface area (Å²) in [6.45, 7) is 7.75. The molecule has 2 heteroatoms. The molecule has 0 bridgehead atoms. The van der Waals surface area contributed by atoms with Crippen LogP contribution in [0.1, 0.15) is 28.8 Å². The van der Waals surface area contributed by atoms with Crippen molar-refractivity contribution >= 4 is 10.9 Å². The van der Waals surface area contributed by atoms with E-state index in [1.165, 1.54) is 39.7 Å². The molecule has 2 aromatic rings. The fourth-order valence-corrected chi connectivity index (χ4v) is 2.80. The van der Waals surface area contributed by atoms with E-state index in [1.807, 2.05) is 7.05 Å². The predicted octanol–water partition coefficient (Wildman–Crippen LogP) is 3.26. The second-order valence-corrected chi connectivity index (χ2v) is 5.23. The average molecular weight is 244 g/mol. The molecule has 0 aliphatic heterocycles. The Morgan fingerprint density at radius 2 is 1.89 bits per heavy atom. The maximum Gasteiger partial charge on any atom is 0.0515 e. The highest BCUT2D eigenvalue weighted by Gasteiger charge is 2.13. The minimum Gasteiger partial charge on any atom is -0.347 e. The number of hydrogen-bond acceptors (Lipinski definition) is 1. The van der Waals surface area contributed by atoms with Gasteiger partial charge in [-0.05, 0) is 63.9 Å². The summed E-state index contributed by atoms with van der Waals surface area (Å²) in [7, 11) is 4.20. The molecule has 0 amide bonds. The van der Waals surface area contributed by atoms with Gasteiger partial charge in [0, 0.05) is 18.1 Å². The highest BCUT2D eigenvalue weighted by molar-refractivity contribution is 5.89.